The van der Waals surface area contributed by atoms with Gasteiger partial charge < -0.3 is 16.8 Å². The van der Waals surface area contributed by atoms with Crippen LogP contribution in [0.3, 0.4) is 0 Å². The van der Waals surface area contributed by atoms with Crippen molar-refractivity contribution in [2.75, 3.05) is 0 Å². The van der Waals surface area contributed by atoms with E-state index in [0.717, 1.165) is 0 Å². The van der Waals surface area contributed by atoms with Crippen molar-refractivity contribution in [2.24, 2.45) is 0 Å². The second kappa shape index (κ2) is 9.62. The molecule has 0 spiro atoms. The van der Waals surface area contributed by atoms with Gasteiger partial charge in [0.2, 0.25) is 0 Å². The van der Waals surface area contributed by atoms with Crippen LogP contribution < -0.4 is 0 Å². The van der Waals surface area contributed by atoms with Gasteiger partial charge in [0.25, 0.3) is 0 Å². The van der Waals surface area contributed by atoms with Crippen molar-refractivity contribution >= 4 is 40.0 Å². The average molecular weight is 479 g/mol. The van der Waals surface area contributed by atoms with Crippen LogP contribution in [0.1, 0.15) is 55.4 Å². The van der Waals surface area contributed by atoms with Crippen LogP contribution in [0.2, 0.25) is 55.4 Å². The van der Waals surface area contributed by atoms with Crippen molar-refractivity contribution in [1.82, 2.24) is 0 Å². The van der Waals surface area contributed by atoms with Gasteiger partial charge in [-0.25, -0.2) is 4.79 Å². The van der Waals surface area contributed by atoms with E-state index in [-0.39, 0.29) is 16.1 Å². The SMILES string of the molecule is C=C(C)C(=O)O[Si](O[Si](C)(O[Si](C)(C)C)O[Si](C)(C)C(C)(C)C)(C(C)C)C(C)C. The summed E-state index contributed by atoms with van der Waals surface area (Å²) in [6.45, 7) is 33.2. The van der Waals surface area contributed by atoms with Crippen molar-refractivity contribution in [3.05, 3.63) is 12.2 Å². The van der Waals surface area contributed by atoms with Gasteiger partial charge in [-0.1, -0.05) is 55.0 Å². The summed E-state index contributed by atoms with van der Waals surface area (Å²) >= 11 is 0. The number of carbonyl (C=O) groups is 1. The summed E-state index contributed by atoms with van der Waals surface area (Å²) in [6.07, 6.45) is 0. The predicted octanol–water partition coefficient (Wildman–Crippen LogP) is 6.83. The molecular formula is C20H46O5Si4. The second-order valence-corrected chi connectivity index (χ2v) is 28.1. The van der Waals surface area contributed by atoms with Crippen molar-refractivity contribution < 1.29 is 21.6 Å². The Hall–Kier alpha value is -0.0425. The van der Waals surface area contributed by atoms with Crippen molar-refractivity contribution in [3.8, 4) is 0 Å². The number of hydrogen-bond acceptors (Lipinski definition) is 5. The van der Waals surface area contributed by atoms with E-state index in [9.17, 15) is 4.79 Å². The topological polar surface area (TPSA) is 54.0 Å². The Bertz CT molecular complexity index is 583. The molecule has 0 aliphatic heterocycles. The first-order chi connectivity index (χ1) is 12.6. The highest BCUT2D eigenvalue weighted by atomic mass is 28.5. The van der Waals surface area contributed by atoms with Crippen LogP contribution in [0.5, 0.6) is 0 Å². The number of hydrogen-bond donors (Lipinski definition) is 0. The Kier molecular flexibility index (Phi) is 9.61. The first-order valence-electron chi connectivity index (χ1n) is 10.6. The smallest absolute Gasteiger partial charge is 0.468 e. The predicted molar refractivity (Wildman–Crippen MR) is 132 cm³/mol. The van der Waals surface area contributed by atoms with Crippen LogP contribution in [0.15, 0.2) is 12.2 Å². The van der Waals surface area contributed by atoms with Gasteiger partial charge in [0, 0.05) is 23.2 Å². The summed E-state index contributed by atoms with van der Waals surface area (Å²) in [7, 11) is -10.3. The van der Waals surface area contributed by atoms with Crippen molar-refractivity contribution in [3.63, 3.8) is 0 Å². The fourth-order valence-corrected chi connectivity index (χ4v) is 20.6. The molecule has 0 amide bonds. The van der Waals surface area contributed by atoms with E-state index in [2.05, 4.69) is 87.8 Å². The third-order valence-electron chi connectivity index (χ3n) is 5.29. The minimum Gasteiger partial charge on any atom is -0.491 e. The molecule has 0 saturated heterocycles. The molecule has 1 unspecified atom stereocenters. The van der Waals surface area contributed by atoms with Crippen molar-refractivity contribution in [2.45, 2.75) is 111 Å². The third kappa shape index (κ3) is 8.19. The van der Waals surface area contributed by atoms with E-state index in [0.29, 0.717) is 5.57 Å². The molecule has 0 bridgehead atoms. The molecule has 0 N–H and O–H groups in total. The molecule has 0 fully saturated rings. The molecule has 0 aromatic heterocycles. The molecule has 0 rings (SSSR count). The molecule has 172 valence electrons. The van der Waals surface area contributed by atoms with E-state index in [4.69, 9.17) is 16.8 Å². The average Bonchev–Trinajstić information content (AvgIpc) is 2.41. The quantitative estimate of drug-likeness (QED) is 0.254. The molecule has 0 aromatic carbocycles. The van der Waals surface area contributed by atoms with Gasteiger partial charge in [-0.3, -0.25) is 0 Å². The van der Waals surface area contributed by atoms with Crippen LogP contribution >= 0.6 is 0 Å². The second-order valence-electron chi connectivity index (χ2n) is 11.2. The highest BCUT2D eigenvalue weighted by molar-refractivity contribution is 6.90. The van der Waals surface area contributed by atoms with Gasteiger partial charge in [-0.15, -0.1) is 0 Å². The molecule has 0 aromatic rings. The number of carbonyl (C=O) groups excluding carboxylic acids is 1. The molecule has 29 heavy (non-hydrogen) atoms. The maximum atomic E-state index is 12.6. The fraction of sp³-hybridized carbons (Fsp3) is 0.850. The standard InChI is InChI=1S/C20H46O5Si4/c1-16(2)19(21)22-29(17(3)4,18(5)6)25-28(15,23-26(10,11)12)24-27(13,14)20(7,8)9/h17-18H,1H2,2-15H3. The Morgan fingerprint density at radius 1 is 0.828 bits per heavy atom. The van der Waals surface area contributed by atoms with Gasteiger partial charge in [0.1, 0.15) is 0 Å². The summed E-state index contributed by atoms with van der Waals surface area (Å²) in [5, 5.41) is 0.0156. The number of rotatable bonds is 10. The van der Waals surface area contributed by atoms with Gasteiger partial charge in [0.05, 0.1) is 0 Å². The Balaban J connectivity index is 6.39. The summed E-state index contributed by atoms with van der Waals surface area (Å²) in [6, 6.07) is 0. The maximum Gasteiger partial charge on any atom is 0.468 e. The van der Waals surface area contributed by atoms with Gasteiger partial charge in [-0.05, 0) is 44.7 Å². The Morgan fingerprint density at radius 3 is 1.52 bits per heavy atom. The Labute approximate surface area is 184 Å². The molecular weight excluding hydrogens is 433 g/mol. The van der Waals surface area contributed by atoms with E-state index >= 15 is 0 Å². The summed E-state index contributed by atoms with van der Waals surface area (Å²) in [5.74, 6) is -0.393. The highest BCUT2D eigenvalue weighted by Crippen LogP contribution is 2.43. The van der Waals surface area contributed by atoms with Crippen LogP contribution in [-0.4, -0.2) is 40.0 Å². The van der Waals surface area contributed by atoms with Crippen LogP contribution in [0.4, 0.5) is 0 Å². The highest BCUT2D eigenvalue weighted by Gasteiger charge is 2.58. The summed E-state index contributed by atoms with van der Waals surface area (Å²) in [4.78, 5) is 12.6. The zero-order valence-electron chi connectivity index (χ0n) is 21.4. The lowest BCUT2D eigenvalue weighted by Crippen LogP contribution is -2.65. The largest absolute Gasteiger partial charge is 0.491 e. The summed E-state index contributed by atoms with van der Waals surface area (Å²) in [5.41, 5.74) is 0.475. The molecule has 0 radical (unpaired) electrons. The lowest BCUT2D eigenvalue weighted by molar-refractivity contribution is -0.132. The van der Waals surface area contributed by atoms with Crippen molar-refractivity contribution in [1.29, 1.82) is 0 Å². The van der Waals surface area contributed by atoms with Crippen LogP contribution in [-0.2, 0) is 21.6 Å². The first-order valence-corrected chi connectivity index (χ1v) is 21.1. The molecule has 0 aliphatic carbocycles. The van der Waals surface area contributed by atoms with E-state index in [1.165, 1.54) is 0 Å². The van der Waals surface area contributed by atoms with Gasteiger partial charge in [0.15, 0.2) is 16.6 Å². The third-order valence-corrected chi connectivity index (χ3v) is 22.8. The minimum atomic E-state index is -3.11. The molecule has 1 atom stereocenters. The fourth-order valence-electron chi connectivity index (χ4n) is 2.92. The molecule has 5 nitrogen and oxygen atoms in total. The zero-order chi connectivity index (χ0) is 23.6. The van der Waals surface area contributed by atoms with E-state index in [1.807, 2.05) is 6.55 Å². The zero-order valence-corrected chi connectivity index (χ0v) is 25.4. The minimum absolute atomic E-state index is 0.0156. The molecule has 0 saturated carbocycles. The first kappa shape index (κ1) is 29.0. The van der Waals surface area contributed by atoms with Gasteiger partial charge >= 0.3 is 23.3 Å². The van der Waals surface area contributed by atoms with E-state index in [1.54, 1.807) is 6.92 Å². The molecule has 0 heterocycles. The van der Waals surface area contributed by atoms with Crippen LogP contribution in [0, 0.1) is 0 Å². The normalized spacial score (nSPS) is 16.1. The maximum absolute atomic E-state index is 12.6. The van der Waals surface area contributed by atoms with E-state index < -0.39 is 40.0 Å². The summed E-state index contributed by atoms with van der Waals surface area (Å²) < 4.78 is 26.5. The monoisotopic (exact) mass is 478 g/mol. The Morgan fingerprint density at radius 2 is 1.24 bits per heavy atom. The molecule has 9 heteroatoms. The lowest BCUT2D eigenvalue weighted by Gasteiger charge is -2.48. The molecule has 0 aliphatic rings. The lowest BCUT2D eigenvalue weighted by atomic mass is 10.2. The van der Waals surface area contributed by atoms with Gasteiger partial charge in [-0.2, -0.15) is 0 Å². The van der Waals surface area contributed by atoms with Crippen LogP contribution in [0.25, 0.3) is 0 Å².